The zero-order chi connectivity index (χ0) is 21.9. The van der Waals surface area contributed by atoms with E-state index >= 15 is 0 Å². The van der Waals surface area contributed by atoms with Crippen molar-refractivity contribution in [3.05, 3.63) is 0 Å². The minimum absolute atomic E-state index is 0.420. The van der Waals surface area contributed by atoms with Crippen LogP contribution in [0.3, 0.4) is 0 Å². The van der Waals surface area contributed by atoms with Gasteiger partial charge in [-0.3, -0.25) is 28.8 Å². The summed E-state index contributed by atoms with van der Waals surface area (Å²) >= 11 is 0. The minimum atomic E-state index is -1.68. The molecule has 0 fully saturated rings. The molecule has 0 heterocycles. The molecule has 28 heavy (non-hydrogen) atoms. The van der Waals surface area contributed by atoms with Crippen molar-refractivity contribution in [2.75, 3.05) is 13.2 Å². The number of aliphatic hydroxyl groups excluding tert-OH is 1. The predicted octanol–water partition coefficient (Wildman–Crippen LogP) is -4.18. The normalized spacial score (nSPS) is 13.5. The summed E-state index contributed by atoms with van der Waals surface area (Å²) in [5, 5.41) is 41.0. The summed E-state index contributed by atoms with van der Waals surface area (Å²) in [5.41, 5.74) is 5.27. The van der Waals surface area contributed by atoms with Gasteiger partial charge in [-0.2, -0.15) is 0 Å². The molecule has 0 aliphatic rings. The SMILES string of the molecule is NC(CO)C(=O)NC(CC(=O)O)C(=O)NC(CCC(=O)O)C(=O)NCC(=O)O. The fourth-order valence-electron chi connectivity index (χ4n) is 1.84. The van der Waals surface area contributed by atoms with Crippen LogP contribution in [-0.2, 0) is 28.8 Å². The fourth-order valence-corrected chi connectivity index (χ4v) is 1.84. The number of amides is 3. The summed E-state index contributed by atoms with van der Waals surface area (Å²) in [6, 6.07) is -4.60. The molecule has 0 saturated carbocycles. The number of carbonyl (C=O) groups is 6. The van der Waals surface area contributed by atoms with E-state index in [9.17, 15) is 28.8 Å². The van der Waals surface area contributed by atoms with E-state index in [4.69, 9.17) is 26.2 Å². The van der Waals surface area contributed by atoms with Crippen LogP contribution in [0, 0.1) is 0 Å². The number of carbonyl (C=O) groups excluding carboxylic acids is 3. The van der Waals surface area contributed by atoms with E-state index in [1.54, 1.807) is 0 Å². The highest BCUT2D eigenvalue weighted by Crippen LogP contribution is 2.02. The highest BCUT2D eigenvalue weighted by Gasteiger charge is 2.30. The molecule has 0 aliphatic carbocycles. The molecule has 14 heteroatoms. The fraction of sp³-hybridized carbons (Fsp3) is 0.571. The Hall–Kier alpha value is -3.26. The van der Waals surface area contributed by atoms with Crippen LogP contribution in [0.2, 0.25) is 0 Å². The van der Waals surface area contributed by atoms with Crippen LogP contribution in [-0.4, -0.2) is 87.3 Å². The Morgan fingerprint density at radius 1 is 0.786 bits per heavy atom. The lowest BCUT2D eigenvalue weighted by Crippen LogP contribution is -2.57. The van der Waals surface area contributed by atoms with Crippen LogP contribution in [0.15, 0.2) is 0 Å². The van der Waals surface area contributed by atoms with E-state index < -0.39 is 86.2 Å². The zero-order valence-electron chi connectivity index (χ0n) is 14.6. The Morgan fingerprint density at radius 3 is 1.82 bits per heavy atom. The molecule has 0 aromatic heterocycles. The Labute approximate surface area is 158 Å². The number of nitrogens with one attached hydrogen (secondary N) is 3. The first-order chi connectivity index (χ1) is 13.0. The molecule has 0 aliphatic heterocycles. The third-order valence-electron chi connectivity index (χ3n) is 3.24. The minimum Gasteiger partial charge on any atom is -0.481 e. The zero-order valence-corrected chi connectivity index (χ0v) is 14.6. The first kappa shape index (κ1) is 24.7. The van der Waals surface area contributed by atoms with Gasteiger partial charge in [0, 0.05) is 6.42 Å². The summed E-state index contributed by atoms with van der Waals surface area (Å²) in [4.78, 5) is 68.1. The van der Waals surface area contributed by atoms with Crippen LogP contribution in [0.25, 0.3) is 0 Å². The first-order valence-corrected chi connectivity index (χ1v) is 7.88. The maximum absolute atomic E-state index is 12.3. The van der Waals surface area contributed by atoms with Crippen molar-refractivity contribution >= 4 is 35.6 Å². The number of nitrogens with two attached hydrogens (primary N) is 1. The molecule has 3 amide bonds. The third-order valence-corrected chi connectivity index (χ3v) is 3.24. The second kappa shape index (κ2) is 12.2. The summed E-state index contributed by atoms with van der Waals surface area (Å²) in [6.07, 6.45) is -1.87. The van der Waals surface area contributed by atoms with Crippen LogP contribution < -0.4 is 21.7 Å². The standard InChI is InChI=1S/C14H22N4O10/c15-6(5-19)12(26)18-8(3-10(22)23)14(28)17-7(1-2-9(20)21)13(27)16-4-11(24)25/h6-8,19H,1-5,15H2,(H,16,27)(H,17,28)(H,18,26)(H,20,21)(H,22,23)(H,24,25). The van der Waals surface area contributed by atoms with Gasteiger partial charge in [-0.1, -0.05) is 0 Å². The molecular weight excluding hydrogens is 384 g/mol. The molecule has 0 rings (SSSR count). The van der Waals surface area contributed by atoms with Gasteiger partial charge in [-0.25, -0.2) is 0 Å². The number of carboxylic acid groups (broad SMARTS) is 3. The molecule has 9 N–H and O–H groups in total. The molecule has 0 aromatic rings. The maximum Gasteiger partial charge on any atom is 0.322 e. The van der Waals surface area contributed by atoms with Gasteiger partial charge in [0.05, 0.1) is 13.0 Å². The highest BCUT2D eigenvalue weighted by molar-refractivity contribution is 5.95. The second-order valence-corrected chi connectivity index (χ2v) is 5.55. The summed E-state index contributed by atoms with van der Waals surface area (Å²) < 4.78 is 0. The van der Waals surface area contributed by atoms with E-state index in [2.05, 4.69) is 5.32 Å². The molecule has 14 nitrogen and oxygen atoms in total. The van der Waals surface area contributed by atoms with E-state index in [1.807, 2.05) is 10.6 Å². The van der Waals surface area contributed by atoms with Crippen LogP contribution in [0.4, 0.5) is 0 Å². The molecule has 0 aromatic carbocycles. The summed E-state index contributed by atoms with van der Waals surface area (Å²) in [5.74, 6) is -7.33. The first-order valence-electron chi connectivity index (χ1n) is 7.88. The van der Waals surface area contributed by atoms with Crippen molar-refractivity contribution in [2.45, 2.75) is 37.4 Å². The van der Waals surface area contributed by atoms with Crippen molar-refractivity contribution in [3.8, 4) is 0 Å². The second-order valence-electron chi connectivity index (χ2n) is 5.55. The quantitative estimate of drug-likeness (QED) is 0.146. The summed E-state index contributed by atoms with van der Waals surface area (Å²) in [6.45, 7) is -1.56. The van der Waals surface area contributed by atoms with E-state index in [0.29, 0.717) is 0 Å². The van der Waals surface area contributed by atoms with Gasteiger partial charge in [0.1, 0.15) is 24.7 Å². The van der Waals surface area contributed by atoms with Gasteiger partial charge >= 0.3 is 17.9 Å². The van der Waals surface area contributed by atoms with Gasteiger partial charge in [0.25, 0.3) is 0 Å². The summed E-state index contributed by atoms with van der Waals surface area (Å²) in [7, 11) is 0. The van der Waals surface area contributed by atoms with Crippen molar-refractivity contribution in [1.82, 2.24) is 16.0 Å². The molecule has 3 atom stereocenters. The maximum atomic E-state index is 12.3. The number of aliphatic carboxylic acids is 3. The van der Waals surface area contributed by atoms with E-state index in [1.165, 1.54) is 0 Å². The molecule has 0 spiro atoms. The Morgan fingerprint density at radius 2 is 1.36 bits per heavy atom. The van der Waals surface area contributed by atoms with Gasteiger partial charge in [-0.15, -0.1) is 0 Å². The molecule has 0 radical (unpaired) electrons. The van der Waals surface area contributed by atoms with Crippen molar-refractivity contribution < 1.29 is 49.2 Å². The van der Waals surface area contributed by atoms with Crippen molar-refractivity contribution in [2.24, 2.45) is 5.73 Å². The molecule has 3 unspecified atom stereocenters. The Kier molecular flexibility index (Phi) is 10.8. The van der Waals surface area contributed by atoms with Gasteiger partial charge in [0.15, 0.2) is 0 Å². The van der Waals surface area contributed by atoms with Crippen LogP contribution in [0.1, 0.15) is 19.3 Å². The van der Waals surface area contributed by atoms with Crippen LogP contribution >= 0.6 is 0 Å². The van der Waals surface area contributed by atoms with Gasteiger partial charge in [0.2, 0.25) is 17.7 Å². The number of hydrogen-bond donors (Lipinski definition) is 8. The lowest BCUT2D eigenvalue weighted by molar-refractivity contribution is -0.142. The van der Waals surface area contributed by atoms with Crippen molar-refractivity contribution in [3.63, 3.8) is 0 Å². The smallest absolute Gasteiger partial charge is 0.322 e. The number of carboxylic acids is 3. The molecule has 158 valence electrons. The average molecular weight is 406 g/mol. The number of rotatable bonds is 13. The largest absolute Gasteiger partial charge is 0.481 e. The molecule has 0 saturated heterocycles. The Balaban J connectivity index is 5.26. The number of hydrogen-bond acceptors (Lipinski definition) is 8. The number of aliphatic hydroxyl groups is 1. The lowest BCUT2D eigenvalue weighted by atomic mass is 10.1. The van der Waals surface area contributed by atoms with Crippen LogP contribution in [0.5, 0.6) is 0 Å². The van der Waals surface area contributed by atoms with Gasteiger partial charge in [-0.05, 0) is 6.42 Å². The third kappa shape index (κ3) is 10.0. The highest BCUT2D eigenvalue weighted by atomic mass is 16.4. The van der Waals surface area contributed by atoms with E-state index in [-0.39, 0.29) is 0 Å². The average Bonchev–Trinajstić information content (AvgIpc) is 2.60. The lowest BCUT2D eigenvalue weighted by Gasteiger charge is -2.22. The predicted molar refractivity (Wildman–Crippen MR) is 88.7 cm³/mol. The molecular formula is C14H22N4O10. The Bertz CT molecular complexity index is 623. The molecule has 0 bridgehead atoms. The van der Waals surface area contributed by atoms with Crippen molar-refractivity contribution in [1.29, 1.82) is 0 Å². The van der Waals surface area contributed by atoms with Gasteiger partial charge < -0.3 is 42.1 Å². The van der Waals surface area contributed by atoms with E-state index in [0.717, 1.165) is 0 Å². The topological polar surface area (TPSA) is 245 Å². The monoisotopic (exact) mass is 406 g/mol.